The molecule has 0 aliphatic carbocycles. The lowest BCUT2D eigenvalue weighted by atomic mass is 10.0. The topological polar surface area (TPSA) is 39.2 Å². The molecule has 102 valence electrons. The van der Waals surface area contributed by atoms with E-state index in [2.05, 4.69) is 0 Å². The highest BCUT2D eigenvalue weighted by Gasteiger charge is 2.17. The highest BCUT2D eigenvalue weighted by Crippen LogP contribution is 2.33. The zero-order valence-corrected chi connectivity index (χ0v) is 12.4. The summed E-state index contributed by atoms with van der Waals surface area (Å²) < 4.78 is 5.78. The molecule has 1 unspecified atom stereocenters. The highest BCUT2D eigenvalue weighted by molar-refractivity contribution is 6.34. The van der Waals surface area contributed by atoms with Crippen LogP contribution >= 0.6 is 23.2 Å². The fourth-order valence-electron chi connectivity index (χ4n) is 2.24. The van der Waals surface area contributed by atoms with E-state index in [1.807, 2.05) is 43.3 Å². The van der Waals surface area contributed by atoms with Crippen molar-refractivity contribution in [2.45, 2.75) is 13.0 Å². The minimum Gasteiger partial charge on any atom is -0.457 e. The quantitative estimate of drug-likeness (QED) is 0.715. The summed E-state index contributed by atoms with van der Waals surface area (Å²) in [6.45, 7) is 1.99. The van der Waals surface area contributed by atoms with E-state index in [0.29, 0.717) is 21.4 Å². The molecule has 0 radical (unpaired) electrons. The maximum Gasteiger partial charge on any atom is 0.152 e. The number of furan rings is 1. The third-order valence-corrected chi connectivity index (χ3v) is 3.94. The summed E-state index contributed by atoms with van der Waals surface area (Å²) in [5.74, 6) is 0.652. The minimum atomic E-state index is -0.411. The van der Waals surface area contributed by atoms with Crippen molar-refractivity contribution in [2.24, 2.45) is 5.73 Å². The van der Waals surface area contributed by atoms with Gasteiger partial charge in [0.25, 0.3) is 0 Å². The molecular weight excluding hydrogens is 293 g/mol. The number of aryl methyl sites for hydroxylation is 1. The Morgan fingerprint density at radius 1 is 1.05 bits per heavy atom. The number of halogens is 2. The van der Waals surface area contributed by atoms with Crippen LogP contribution in [0.25, 0.3) is 11.0 Å². The van der Waals surface area contributed by atoms with Crippen molar-refractivity contribution in [3.63, 3.8) is 0 Å². The Kier molecular flexibility index (Phi) is 3.47. The maximum atomic E-state index is 6.26. The molecule has 3 aromatic rings. The third kappa shape index (κ3) is 2.31. The molecule has 0 aliphatic rings. The van der Waals surface area contributed by atoms with E-state index in [1.165, 1.54) is 0 Å². The molecule has 2 N–H and O–H groups in total. The standard InChI is InChI=1S/C16H13Cl2NO/c1-9-5-6-11(13(18)7-9)15(19)14-8-10-3-2-4-12(17)16(10)20-14/h2-8,15H,19H2,1H3. The number of nitrogens with two attached hydrogens (primary N) is 1. The summed E-state index contributed by atoms with van der Waals surface area (Å²) >= 11 is 12.4. The van der Waals surface area contributed by atoms with Crippen LogP contribution < -0.4 is 5.73 Å². The van der Waals surface area contributed by atoms with Crippen molar-refractivity contribution >= 4 is 34.2 Å². The third-order valence-electron chi connectivity index (χ3n) is 3.31. The number of hydrogen-bond donors (Lipinski definition) is 1. The average molecular weight is 306 g/mol. The van der Waals surface area contributed by atoms with Crippen LogP contribution in [0.2, 0.25) is 10.0 Å². The second-order valence-electron chi connectivity index (χ2n) is 4.81. The van der Waals surface area contributed by atoms with Crippen molar-refractivity contribution in [1.82, 2.24) is 0 Å². The second-order valence-corrected chi connectivity index (χ2v) is 5.62. The van der Waals surface area contributed by atoms with E-state index in [1.54, 1.807) is 6.07 Å². The van der Waals surface area contributed by atoms with Crippen molar-refractivity contribution in [1.29, 1.82) is 0 Å². The zero-order valence-electron chi connectivity index (χ0n) is 10.9. The maximum absolute atomic E-state index is 6.26. The molecule has 2 aromatic carbocycles. The van der Waals surface area contributed by atoms with Gasteiger partial charge in [-0.3, -0.25) is 0 Å². The Labute approximate surface area is 127 Å². The first-order valence-corrected chi connectivity index (χ1v) is 7.01. The molecule has 0 saturated heterocycles. The number of fused-ring (bicyclic) bond motifs is 1. The molecule has 0 spiro atoms. The lowest BCUT2D eigenvalue weighted by Gasteiger charge is -2.11. The van der Waals surface area contributed by atoms with Crippen molar-refractivity contribution in [2.75, 3.05) is 0 Å². The summed E-state index contributed by atoms with van der Waals surface area (Å²) in [7, 11) is 0. The monoisotopic (exact) mass is 305 g/mol. The van der Waals surface area contributed by atoms with E-state index in [0.717, 1.165) is 16.5 Å². The molecule has 0 bridgehead atoms. The van der Waals surface area contributed by atoms with E-state index < -0.39 is 6.04 Å². The van der Waals surface area contributed by atoms with E-state index >= 15 is 0 Å². The van der Waals surface area contributed by atoms with Gasteiger partial charge in [-0.25, -0.2) is 0 Å². The lowest BCUT2D eigenvalue weighted by Crippen LogP contribution is -2.11. The van der Waals surface area contributed by atoms with Gasteiger partial charge < -0.3 is 10.2 Å². The fourth-order valence-corrected chi connectivity index (χ4v) is 2.81. The van der Waals surface area contributed by atoms with Gasteiger partial charge in [0.2, 0.25) is 0 Å². The predicted molar refractivity (Wildman–Crippen MR) is 83.4 cm³/mol. The first-order valence-electron chi connectivity index (χ1n) is 6.26. The normalized spacial score (nSPS) is 12.8. The number of rotatable bonds is 2. The predicted octanol–water partition coefficient (Wildman–Crippen LogP) is 5.10. The molecule has 0 fully saturated rings. The van der Waals surface area contributed by atoms with Crippen LogP contribution in [0.5, 0.6) is 0 Å². The largest absolute Gasteiger partial charge is 0.457 e. The molecule has 2 nitrogen and oxygen atoms in total. The van der Waals surface area contributed by atoms with Gasteiger partial charge in [-0.05, 0) is 36.2 Å². The van der Waals surface area contributed by atoms with Gasteiger partial charge in [0.15, 0.2) is 5.58 Å². The van der Waals surface area contributed by atoms with E-state index in [-0.39, 0.29) is 0 Å². The Bertz CT molecular complexity index is 779. The molecule has 3 rings (SSSR count). The first-order chi connectivity index (χ1) is 9.56. The van der Waals surface area contributed by atoms with Crippen LogP contribution in [0, 0.1) is 6.92 Å². The number of benzene rings is 2. The fraction of sp³-hybridized carbons (Fsp3) is 0.125. The summed E-state index contributed by atoms with van der Waals surface area (Å²) in [5.41, 5.74) is 8.85. The lowest BCUT2D eigenvalue weighted by molar-refractivity contribution is 0.525. The van der Waals surface area contributed by atoms with Crippen molar-refractivity contribution < 1.29 is 4.42 Å². The van der Waals surface area contributed by atoms with Crippen LogP contribution in [0.4, 0.5) is 0 Å². The van der Waals surface area contributed by atoms with Crippen LogP contribution in [-0.2, 0) is 0 Å². The average Bonchev–Trinajstić information content (AvgIpc) is 2.83. The molecule has 4 heteroatoms. The van der Waals surface area contributed by atoms with Gasteiger partial charge in [0.1, 0.15) is 5.76 Å². The van der Waals surface area contributed by atoms with E-state index in [9.17, 15) is 0 Å². The zero-order chi connectivity index (χ0) is 14.3. The molecule has 20 heavy (non-hydrogen) atoms. The molecule has 1 heterocycles. The minimum absolute atomic E-state index is 0.411. The van der Waals surface area contributed by atoms with Crippen LogP contribution in [0.1, 0.15) is 22.9 Å². The van der Waals surface area contributed by atoms with Gasteiger partial charge in [-0.2, -0.15) is 0 Å². The van der Waals surface area contributed by atoms with Crippen LogP contribution in [0.3, 0.4) is 0 Å². The summed E-state index contributed by atoms with van der Waals surface area (Å²) in [6, 6.07) is 12.9. The molecule has 1 aromatic heterocycles. The SMILES string of the molecule is Cc1ccc(C(N)c2cc3cccc(Cl)c3o2)c(Cl)c1. The molecular formula is C16H13Cl2NO. The van der Waals surface area contributed by atoms with Crippen LogP contribution in [-0.4, -0.2) is 0 Å². The van der Waals surface area contributed by atoms with Gasteiger partial charge in [0.05, 0.1) is 11.1 Å². The van der Waals surface area contributed by atoms with Gasteiger partial charge >= 0.3 is 0 Å². The van der Waals surface area contributed by atoms with Crippen molar-refractivity contribution in [3.8, 4) is 0 Å². The molecule has 1 atom stereocenters. The molecule has 0 amide bonds. The first kappa shape index (κ1) is 13.5. The second kappa shape index (κ2) is 5.13. The van der Waals surface area contributed by atoms with Crippen LogP contribution in [0.15, 0.2) is 46.9 Å². The Morgan fingerprint density at radius 3 is 2.55 bits per heavy atom. The molecule has 0 aliphatic heterocycles. The Morgan fingerprint density at radius 2 is 1.85 bits per heavy atom. The highest BCUT2D eigenvalue weighted by atomic mass is 35.5. The van der Waals surface area contributed by atoms with Gasteiger partial charge in [-0.15, -0.1) is 0 Å². The molecule has 0 saturated carbocycles. The van der Waals surface area contributed by atoms with Gasteiger partial charge in [0, 0.05) is 10.4 Å². The summed E-state index contributed by atoms with van der Waals surface area (Å²) in [4.78, 5) is 0. The van der Waals surface area contributed by atoms with Gasteiger partial charge in [-0.1, -0.05) is 47.5 Å². The Balaban J connectivity index is 2.08. The summed E-state index contributed by atoms with van der Waals surface area (Å²) in [5, 5.41) is 2.16. The van der Waals surface area contributed by atoms with Crippen molar-refractivity contribution in [3.05, 3.63) is 69.4 Å². The number of hydrogen-bond acceptors (Lipinski definition) is 2. The number of para-hydroxylation sites is 1. The Hall–Kier alpha value is -1.48. The summed E-state index contributed by atoms with van der Waals surface area (Å²) in [6.07, 6.45) is 0. The van der Waals surface area contributed by atoms with E-state index in [4.69, 9.17) is 33.4 Å². The smallest absolute Gasteiger partial charge is 0.152 e.